The minimum absolute atomic E-state index is 0.345. The first-order chi connectivity index (χ1) is 7.79. The maximum atomic E-state index is 6.17. The SMILES string of the molecule is NCCCc1ccc(OC2CSC2)c(Cl)c1. The summed E-state index contributed by atoms with van der Waals surface area (Å²) in [5.74, 6) is 2.96. The zero-order valence-electron chi connectivity index (χ0n) is 9.12. The highest BCUT2D eigenvalue weighted by atomic mass is 35.5. The minimum atomic E-state index is 0.345. The number of halogens is 1. The molecule has 2 N–H and O–H groups in total. The van der Waals surface area contributed by atoms with Gasteiger partial charge in [0.15, 0.2) is 0 Å². The molecule has 0 bridgehead atoms. The van der Waals surface area contributed by atoms with Gasteiger partial charge >= 0.3 is 0 Å². The van der Waals surface area contributed by atoms with Gasteiger partial charge in [-0.1, -0.05) is 17.7 Å². The van der Waals surface area contributed by atoms with Crippen LogP contribution >= 0.6 is 23.4 Å². The van der Waals surface area contributed by atoms with E-state index in [9.17, 15) is 0 Å². The van der Waals surface area contributed by atoms with E-state index in [0.29, 0.717) is 11.1 Å². The Balaban J connectivity index is 1.97. The standard InChI is InChI=1S/C12H16ClNOS/c13-11-6-9(2-1-5-14)3-4-12(11)15-10-7-16-8-10/h3-4,6,10H,1-2,5,7-8,14H2. The number of aryl methyl sites for hydroxylation is 1. The first-order valence-corrected chi connectivity index (χ1v) is 7.06. The van der Waals surface area contributed by atoms with Crippen molar-refractivity contribution in [2.75, 3.05) is 18.1 Å². The van der Waals surface area contributed by atoms with Crippen LogP contribution in [0.15, 0.2) is 18.2 Å². The van der Waals surface area contributed by atoms with Crippen molar-refractivity contribution >= 4 is 23.4 Å². The van der Waals surface area contributed by atoms with Crippen LogP contribution in [0, 0.1) is 0 Å². The molecule has 1 aliphatic heterocycles. The summed E-state index contributed by atoms with van der Waals surface area (Å²) in [7, 11) is 0. The van der Waals surface area contributed by atoms with Gasteiger partial charge in [-0.2, -0.15) is 11.8 Å². The average Bonchev–Trinajstić information content (AvgIpc) is 2.22. The molecule has 88 valence electrons. The number of nitrogens with two attached hydrogens (primary N) is 1. The Bertz CT molecular complexity index is 355. The highest BCUT2D eigenvalue weighted by Crippen LogP contribution is 2.30. The van der Waals surface area contributed by atoms with Gasteiger partial charge in [0.2, 0.25) is 0 Å². The minimum Gasteiger partial charge on any atom is -0.487 e. The fourth-order valence-corrected chi connectivity index (χ4v) is 2.38. The molecular weight excluding hydrogens is 242 g/mol. The quantitative estimate of drug-likeness (QED) is 0.881. The van der Waals surface area contributed by atoms with Gasteiger partial charge in [-0.05, 0) is 37.1 Å². The molecule has 4 heteroatoms. The van der Waals surface area contributed by atoms with Gasteiger partial charge in [0.1, 0.15) is 11.9 Å². The van der Waals surface area contributed by atoms with Crippen LogP contribution in [0.2, 0.25) is 5.02 Å². The average molecular weight is 258 g/mol. The first-order valence-electron chi connectivity index (χ1n) is 5.52. The largest absolute Gasteiger partial charge is 0.487 e. The molecule has 1 aromatic carbocycles. The van der Waals surface area contributed by atoms with E-state index in [-0.39, 0.29) is 0 Å². The Morgan fingerprint density at radius 1 is 1.44 bits per heavy atom. The highest BCUT2D eigenvalue weighted by Gasteiger charge is 2.20. The number of hydrogen-bond acceptors (Lipinski definition) is 3. The summed E-state index contributed by atoms with van der Waals surface area (Å²) < 4.78 is 5.76. The summed E-state index contributed by atoms with van der Waals surface area (Å²) in [6.45, 7) is 0.717. The van der Waals surface area contributed by atoms with Gasteiger partial charge in [0, 0.05) is 11.5 Å². The third-order valence-corrected chi connectivity index (χ3v) is 4.08. The zero-order chi connectivity index (χ0) is 11.4. The van der Waals surface area contributed by atoms with Crippen molar-refractivity contribution in [3.63, 3.8) is 0 Å². The van der Waals surface area contributed by atoms with E-state index in [2.05, 4.69) is 6.07 Å². The molecule has 16 heavy (non-hydrogen) atoms. The predicted molar refractivity (Wildman–Crippen MR) is 70.6 cm³/mol. The molecule has 1 aliphatic rings. The monoisotopic (exact) mass is 257 g/mol. The molecule has 0 aliphatic carbocycles. The third kappa shape index (κ3) is 3.06. The van der Waals surface area contributed by atoms with Crippen molar-refractivity contribution in [3.05, 3.63) is 28.8 Å². The zero-order valence-corrected chi connectivity index (χ0v) is 10.7. The van der Waals surface area contributed by atoms with Gasteiger partial charge in [0.05, 0.1) is 5.02 Å². The van der Waals surface area contributed by atoms with Crippen LogP contribution in [-0.4, -0.2) is 24.2 Å². The molecule has 0 atom stereocenters. The Labute approximate surface area is 105 Å². The van der Waals surface area contributed by atoms with E-state index in [1.165, 1.54) is 5.56 Å². The number of hydrogen-bond donors (Lipinski definition) is 1. The van der Waals surface area contributed by atoms with Gasteiger partial charge in [-0.15, -0.1) is 0 Å². The van der Waals surface area contributed by atoms with E-state index < -0.39 is 0 Å². The van der Waals surface area contributed by atoms with E-state index in [4.69, 9.17) is 22.1 Å². The van der Waals surface area contributed by atoms with Crippen LogP contribution in [0.5, 0.6) is 5.75 Å². The topological polar surface area (TPSA) is 35.2 Å². The van der Waals surface area contributed by atoms with Crippen molar-refractivity contribution in [2.45, 2.75) is 18.9 Å². The lowest BCUT2D eigenvalue weighted by Gasteiger charge is -2.26. The molecule has 2 rings (SSSR count). The van der Waals surface area contributed by atoms with Gasteiger partial charge in [-0.25, -0.2) is 0 Å². The lowest BCUT2D eigenvalue weighted by molar-refractivity contribution is 0.240. The fraction of sp³-hybridized carbons (Fsp3) is 0.500. The van der Waals surface area contributed by atoms with Gasteiger partial charge in [-0.3, -0.25) is 0 Å². The summed E-state index contributed by atoms with van der Waals surface area (Å²) in [4.78, 5) is 0. The van der Waals surface area contributed by atoms with E-state index in [1.54, 1.807) is 0 Å². The summed E-state index contributed by atoms with van der Waals surface area (Å²) in [5.41, 5.74) is 6.70. The van der Waals surface area contributed by atoms with Crippen LogP contribution < -0.4 is 10.5 Å². The van der Waals surface area contributed by atoms with Crippen LogP contribution in [-0.2, 0) is 6.42 Å². The molecule has 0 aromatic heterocycles. The summed E-state index contributed by atoms with van der Waals surface area (Å²) >= 11 is 8.07. The van der Waals surface area contributed by atoms with Crippen LogP contribution in [0.4, 0.5) is 0 Å². The molecule has 0 saturated carbocycles. The molecule has 0 unspecified atom stereocenters. The second-order valence-electron chi connectivity index (χ2n) is 3.93. The third-order valence-electron chi connectivity index (χ3n) is 2.57. The number of thioether (sulfide) groups is 1. The van der Waals surface area contributed by atoms with Crippen molar-refractivity contribution < 1.29 is 4.74 Å². The van der Waals surface area contributed by atoms with Crippen LogP contribution in [0.3, 0.4) is 0 Å². The van der Waals surface area contributed by atoms with E-state index in [1.807, 2.05) is 23.9 Å². The number of benzene rings is 1. The van der Waals surface area contributed by atoms with Crippen LogP contribution in [0.25, 0.3) is 0 Å². The lowest BCUT2D eigenvalue weighted by atomic mass is 10.1. The second-order valence-corrected chi connectivity index (χ2v) is 5.42. The van der Waals surface area contributed by atoms with Crippen molar-refractivity contribution in [1.29, 1.82) is 0 Å². The Hall–Kier alpha value is -0.380. The summed E-state index contributed by atoms with van der Waals surface area (Å²) in [6, 6.07) is 6.03. The van der Waals surface area contributed by atoms with Gasteiger partial charge in [0.25, 0.3) is 0 Å². The van der Waals surface area contributed by atoms with Gasteiger partial charge < -0.3 is 10.5 Å². The summed E-state index contributed by atoms with van der Waals surface area (Å²) in [5, 5.41) is 0.714. The van der Waals surface area contributed by atoms with E-state index >= 15 is 0 Å². The highest BCUT2D eigenvalue weighted by molar-refractivity contribution is 8.00. The predicted octanol–water partition coefficient (Wildman–Crippen LogP) is 2.73. The van der Waals surface area contributed by atoms with Crippen molar-refractivity contribution in [3.8, 4) is 5.75 Å². The second kappa shape index (κ2) is 5.80. The molecule has 0 radical (unpaired) electrons. The van der Waals surface area contributed by atoms with E-state index in [0.717, 1.165) is 36.6 Å². The molecule has 2 nitrogen and oxygen atoms in total. The Morgan fingerprint density at radius 3 is 2.81 bits per heavy atom. The normalized spacial score (nSPS) is 15.9. The fourth-order valence-electron chi connectivity index (χ4n) is 1.56. The smallest absolute Gasteiger partial charge is 0.138 e. The first kappa shape index (κ1) is 12.1. The summed E-state index contributed by atoms with van der Waals surface area (Å²) in [6.07, 6.45) is 2.32. The molecule has 1 fully saturated rings. The molecule has 0 spiro atoms. The van der Waals surface area contributed by atoms with Crippen LogP contribution in [0.1, 0.15) is 12.0 Å². The molecular formula is C12H16ClNOS. The van der Waals surface area contributed by atoms with Crippen molar-refractivity contribution in [1.82, 2.24) is 0 Å². The van der Waals surface area contributed by atoms with Crippen molar-refractivity contribution in [2.24, 2.45) is 5.73 Å². The Kier molecular flexibility index (Phi) is 4.38. The molecule has 1 heterocycles. The molecule has 1 aromatic rings. The maximum absolute atomic E-state index is 6.17. The maximum Gasteiger partial charge on any atom is 0.138 e. The Morgan fingerprint density at radius 2 is 2.25 bits per heavy atom. The lowest BCUT2D eigenvalue weighted by Crippen LogP contribution is -2.31. The number of ether oxygens (including phenoxy) is 1. The molecule has 1 saturated heterocycles. The molecule has 0 amide bonds. The number of rotatable bonds is 5.